The van der Waals surface area contributed by atoms with Gasteiger partial charge in [0.05, 0.1) is 13.6 Å². The molecular weight excluding hydrogens is 264 g/mol. The summed E-state index contributed by atoms with van der Waals surface area (Å²) < 4.78 is 2.25. The van der Waals surface area contributed by atoms with Gasteiger partial charge in [0.25, 0.3) is 0 Å². The Balaban J connectivity index is 2.07. The standard InChI is InChI=1S/C15H20N6/c1-10-11(2)21(9-15-17-19-20(4)18-15)14-6-5-12(8-16-3)7-13(10)14/h5-7,16H,8-9H2,1-4H3. The number of hydrogen-bond donors (Lipinski definition) is 1. The van der Waals surface area contributed by atoms with Crippen molar-refractivity contribution in [3.63, 3.8) is 0 Å². The zero-order chi connectivity index (χ0) is 15.0. The van der Waals surface area contributed by atoms with Crippen LogP contribution in [0.2, 0.25) is 0 Å². The molecule has 0 aliphatic rings. The Labute approximate surface area is 123 Å². The van der Waals surface area contributed by atoms with Crippen LogP contribution >= 0.6 is 0 Å². The summed E-state index contributed by atoms with van der Waals surface area (Å²) in [5.74, 6) is 0.733. The number of nitrogens with one attached hydrogen (secondary N) is 1. The van der Waals surface area contributed by atoms with Gasteiger partial charge < -0.3 is 9.88 Å². The minimum Gasteiger partial charge on any atom is -0.337 e. The normalized spacial score (nSPS) is 11.4. The SMILES string of the molecule is CNCc1ccc2c(c1)c(C)c(C)n2Cc1nnn(C)n1. The van der Waals surface area contributed by atoms with Gasteiger partial charge in [-0.25, -0.2) is 0 Å². The lowest BCUT2D eigenvalue weighted by atomic mass is 10.1. The van der Waals surface area contributed by atoms with Crippen molar-refractivity contribution < 1.29 is 0 Å². The lowest BCUT2D eigenvalue weighted by molar-refractivity contribution is 0.625. The molecule has 3 aromatic rings. The van der Waals surface area contributed by atoms with E-state index in [1.807, 2.05) is 7.05 Å². The van der Waals surface area contributed by atoms with Crippen LogP contribution in [0, 0.1) is 13.8 Å². The van der Waals surface area contributed by atoms with Gasteiger partial charge in [0.1, 0.15) is 0 Å². The molecule has 0 aliphatic carbocycles. The van der Waals surface area contributed by atoms with Crippen molar-refractivity contribution in [2.75, 3.05) is 7.05 Å². The van der Waals surface area contributed by atoms with Crippen LogP contribution in [0.1, 0.15) is 22.6 Å². The molecule has 0 unspecified atom stereocenters. The highest BCUT2D eigenvalue weighted by Crippen LogP contribution is 2.26. The van der Waals surface area contributed by atoms with E-state index >= 15 is 0 Å². The van der Waals surface area contributed by atoms with Gasteiger partial charge in [0.15, 0.2) is 5.82 Å². The number of aryl methyl sites for hydroxylation is 2. The largest absolute Gasteiger partial charge is 0.337 e. The van der Waals surface area contributed by atoms with Crippen molar-refractivity contribution in [2.45, 2.75) is 26.9 Å². The van der Waals surface area contributed by atoms with Crippen molar-refractivity contribution in [3.8, 4) is 0 Å². The first kappa shape index (κ1) is 13.8. The van der Waals surface area contributed by atoms with Gasteiger partial charge in [-0.3, -0.25) is 0 Å². The molecule has 0 saturated heterocycles. The maximum atomic E-state index is 4.27. The lowest BCUT2D eigenvalue weighted by Crippen LogP contribution is -2.05. The van der Waals surface area contributed by atoms with Crippen molar-refractivity contribution in [3.05, 3.63) is 40.8 Å². The van der Waals surface area contributed by atoms with Crippen molar-refractivity contribution >= 4 is 10.9 Å². The molecule has 2 aromatic heterocycles. The number of aromatic nitrogens is 5. The summed E-state index contributed by atoms with van der Waals surface area (Å²) >= 11 is 0. The topological polar surface area (TPSA) is 60.6 Å². The van der Waals surface area contributed by atoms with Crippen molar-refractivity contribution in [2.24, 2.45) is 7.05 Å². The summed E-state index contributed by atoms with van der Waals surface area (Å²) in [4.78, 5) is 1.49. The summed E-state index contributed by atoms with van der Waals surface area (Å²) in [6, 6.07) is 6.60. The molecule has 21 heavy (non-hydrogen) atoms. The van der Waals surface area contributed by atoms with Gasteiger partial charge in [0.2, 0.25) is 0 Å². The molecule has 1 N–H and O–H groups in total. The van der Waals surface area contributed by atoms with Crippen LogP contribution in [0.25, 0.3) is 10.9 Å². The summed E-state index contributed by atoms with van der Waals surface area (Å²) in [5.41, 5.74) is 5.08. The average molecular weight is 284 g/mol. The van der Waals surface area contributed by atoms with Gasteiger partial charge >= 0.3 is 0 Å². The summed E-state index contributed by atoms with van der Waals surface area (Å²) in [6.45, 7) is 5.84. The Morgan fingerprint density at radius 1 is 1.24 bits per heavy atom. The molecule has 0 amide bonds. The van der Waals surface area contributed by atoms with Crippen LogP contribution in [-0.2, 0) is 20.1 Å². The van der Waals surface area contributed by atoms with Gasteiger partial charge in [-0.05, 0) is 49.4 Å². The first-order valence-electron chi connectivity index (χ1n) is 7.06. The van der Waals surface area contributed by atoms with E-state index in [1.165, 1.54) is 32.5 Å². The Kier molecular flexibility index (Phi) is 3.47. The quantitative estimate of drug-likeness (QED) is 0.789. The third-order valence-corrected chi connectivity index (χ3v) is 3.93. The fraction of sp³-hybridized carbons (Fsp3) is 0.400. The number of nitrogens with zero attached hydrogens (tertiary/aromatic N) is 5. The van der Waals surface area contributed by atoms with Gasteiger partial charge in [0, 0.05) is 23.1 Å². The third kappa shape index (κ3) is 2.42. The van der Waals surface area contributed by atoms with Crippen LogP contribution in [0.3, 0.4) is 0 Å². The van der Waals surface area contributed by atoms with E-state index in [0.29, 0.717) is 6.54 Å². The Morgan fingerprint density at radius 3 is 2.71 bits per heavy atom. The first-order chi connectivity index (χ1) is 10.1. The van der Waals surface area contributed by atoms with E-state index in [9.17, 15) is 0 Å². The van der Waals surface area contributed by atoms with E-state index < -0.39 is 0 Å². The van der Waals surface area contributed by atoms with Crippen molar-refractivity contribution in [1.82, 2.24) is 30.1 Å². The summed E-state index contributed by atoms with van der Waals surface area (Å²) in [6.07, 6.45) is 0. The zero-order valence-electron chi connectivity index (χ0n) is 12.9. The van der Waals surface area contributed by atoms with Gasteiger partial charge in [-0.15, -0.1) is 10.2 Å². The Bertz CT molecular complexity index is 783. The minimum atomic E-state index is 0.648. The highest BCUT2D eigenvalue weighted by Gasteiger charge is 2.13. The molecule has 0 atom stereocenters. The predicted octanol–water partition coefficient (Wildman–Crippen LogP) is 1.55. The first-order valence-corrected chi connectivity index (χ1v) is 7.06. The number of fused-ring (bicyclic) bond motifs is 1. The van der Waals surface area contributed by atoms with E-state index in [-0.39, 0.29) is 0 Å². The number of tetrazole rings is 1. The zero-order valence-corrected chi connectivity index (χ0v) is 12.9. The van der Waals surface area contributed by atoms with Crippen LogP contribution < -0.4 is 5.32 Å². The molecule has 0 radical (unpaired) electrons. The molecule has 110 valence electrons. The number of hydrogen-bond acceptors (Lipinski definition) is 4. The highest BCUT2D eigenvalue weighted by atomic mass is 15.6. The molecule has 2 heterocycles. The monoisotopic (exact) mass is 284 g/mol. The second-order valence-electron chi connectivity index (χ2n) is 5.37. The summed E-state index contributed by atoms with van der Waals surface area (Å²) in [5, 5.41) is 16.8. The molecule has 0 aliphatic heterocycles. The molecule has 1 aromatic carbocycles. The van der Waals surface area contributed by atoms with E-state index in [1.54, 1.807) is 7.05 Å². The Morgan fingerprint density at radius 2 is 2.05 bits per heavy atom. The molecule has 0 spiro atoms. The van der Waals surface area contributed by atoms with Crippen LogP contribution in [0.4, 0.5) is 0 Å². The molecule has 6 nitrogen and oxygen atoms in total. The van der Waals surface area contributed by atoms with Crippen LogP contribution in [0.15, 0.2) is 18.2 Å². The van der Waals surface area contributed by atoms with Crippen LogP contribution in [0.5, 0.6) is 0 Å². The van der Waals surface area contributed by atoms with Gasteiger partial charge in [-0.1, -0.05) is 6.07 Å². The average Bonchev–Trinajstić information content (AvgIpc) is 2.97. The van der Waals surface area contributed by atoms with Gasteiger partial charge in [-0.2, -0.15) is 4.80 Å². The number of benzene rings is 1. The second kappa shape index (κ2) is 5.29. The summed E-state index contributed by atoms with van der Waals surface area (Å²) in [7, 11) is 3.75. The molecule has 0 saturated carbocycles. The third-order valence-electron chi connectivity index (χ3n) is 3.93. The highest BCUT2D eigenvalue weighted by molar-refractivity contribution is 5.86. The Hall–Kier alpha value is -2.21. The van der Waals surface area contributed by atoms with Crippen molar-refractivity contribution in [1.29, 1.82) is 0 Å². The molecule has 3 rings (SSSR count). The number of rotatable bonds is 4. The minimum absolute atomic E-state index is 0.648. The molecule has 0 bridgehead atoms. The van der Waals surface area contributed by atoms with Crippen LogP contribution in [-0.4, -0.2) is 31.8 Å². The molecular formula is C15H20N6. The maximum Gasteiger partial charge on any atom is 0.194 e. The second-order valence-corrected chi connectivity index (χ2v) is 5.37. The smallest absolute Gasteiger partial charge is 0.194 e. The fourth-order valence-electron chi connectivity index (χ4n) is 2.74. The molecule has 6 heteroatoms. The lowest BCUT2D eigenvalue weighted by Gasteiger charge is -2.06. The fourth-order valence-corrected chi connectivity index (χ4v) is 2.74. The van der Waals surface area contributed by atoms with E-state index in [4.69, 9.17) is 0 Å². The predicted molar refractivity (Wildman–Crippen MR) is 82.1 cm³/mol. The van der Waals surface area contributed by atoms with E-state index in [0.717, 1.165) is 12.4 Å². The van der Waals surface area contributed by atoms with E-state index in [2.05, 4.69) is 57.3 Å². The molecule has 0 fully saturated rings. The maximum absolute atomic E-state index is 4.27.